The molecule has 154 valence electrons. The molecule has 1 saturated heterocycles. The number of amides is 1. The van der Waals surface area contributed by atoms with Crippen LogP contribution in [0.4, 0.5) is 11.4 Å². The Labute approximate surface area is 183 Å². The molecule has 1 N–H and O–H groups in total. The second-order valence-corrected chi connectivity index (χ2v) is 7.59. The normalized spacial score (nSPS) is 16.2. The van der Waals surface area contributed by atoms with Crippen LogP contribution < -0.4 is 9.64 Å². The van der Waals surface area contributed by atoms with Gasteiger partial charge in [-0.1, -0.05) is 42.5 Å². The number of thioether (sulfide) groups is 1. The Kier molecular flexibility index (Phi) is 5.86. The topological polar surface area (TPSA) is 79.2 Å². The highest BCUT2D eigenvalue weighted by Gasteiger charge is 2.34. The number of aliphatic imine (C=N–C) groups is 1. The van der Waals surface area contributed by atoms with Gasteiger partial charge in [0, 0.05) is 0 Å². The van der Waals surface area contributed by atoms with Crippen LogP contribution in [0.5, 0.6) is 5.75 Å². The van der Waals surface area contributed by atoms with Gasteiger partial charge in [-0.2, -0.15) is 0 Å². The number of carboxylic acids is 1. The number of nitrogens with zero attached hydrogens (tertiary/aromatic N) is 2. The Balaban J connectivity index is 1.76. The summed E-state index contributed by atoms with van der Waals surface area (Å²) < 4.78 is 5.11. The zero-order valence-electron chi connectivity index (χ0n) is 16.6. The first kappa shape index (κ1) is 20.4. The summed E-state index contributed by atoms with van der Waals surface area (Å²) in [5.74, 6) is -1.06. The lowest BCUT2D eigenvalue weighted by Crippen LogP contribution is -2.28. The van der Waals surface area contributed by atoms with E-state index in [9.17, 15) is 14.7 Å². The van der Waals surface area contributed by atoms with Gasteiger partial charge in [-0.15, -0.1) is 0 Å². The van der Waals surface area contributed by atoms with Crippen LogP contribution in [-0.2, 0) is 4.79 Å². The van der Waals surface area contributed by atoms with Crippen LogP contribution in [0, 0.1) is 0 Å². The molecular weight excluding hydrogens is 412 g/mol. The SMILES string of the molecule is COc1ccc(/C=C2/SC(=Nc3ccccc3)N(c3ccccc3)C2=O)cc1C(=O)O. The number of carboxylic acid groups (broad SMARTS) is 1. The predicted octanol–water partition coefficient (Wildman–Crippen LogP) is 5.20. The third-order valence-corrected chi connectivity index (χ3v) is 5.52. The molecule has 1 aliphatic heterocycles. The van der Waals surface area contributed by atoms with Crippen LogP contribution in [-0.4, -0.2) is 29.3 Å². The van der Waals surface area contributed by atoms with Crippen molar-refractivity contribution < 1.29 is 19.4 Å². The second kappa shape index (κ2) is 8.89. The summed E-state index contributed by atoms with van der Waals surface area (Å²) in [5.41, 5.74) is 2.06. The van der Waals surface area contributed by atoms with Crippen LogP contribution in [0.15, 0.2) is 88.8 Å². The third kappa shape index (κ3) is 4.36. The lowest BCUT2D eigenvalue weighted by molar-refractivity contribution is -0.113. The summed E-state index contributed by atoms with van der Waals surface area (Å²) in [5, 5.41) is 9.96. The van der Waals surface area contributed by atoms with E-state index in [1.807, 2.05) is 60.7 Å². The van der Waals surface area contributed by atoms with E-state index in [1.165, 1.54) is 24.9 Å². The largest absolute Gasteiger partial charge is 0.496 e. The van der Waals surface area contributed by atoms with Crippen molar-refractivity contribution in [2.24, 2.45) is 4.99 Å². The van der Waals surface area contributed by atoms with Gasteiger partial charge in [-0.05, 0) is 59.8 Å². The maximum absolute atomic E-state index is 13.3. The molecule has 0 radical (unpaired) electrons. The van der Waals surface area contributed by atoms with Crippen molar-refractivity contribution in [1.29, 1.82) is 0 Å². The van der Waals surface area contributed by atoms with Gasteiger partial charge in [0.1, 0.15) is 11.3 Å². The van der Waals surface area contributed by atoms with Gasteiger partial charge in [0.25, 0.3) is 5.91 Å². The lowest BCUT2D eigenvalue weighted by atomic mass is 10.1. The maximum Gasteiger partial charge on any atom is 0.339 e. The Morgan fingerprint density at radius 3 is 2.35 bits per heavy atom. The number of ether oxygens (including phenoxy) is 1. The molecule has 6 nitrogen and oxygen atoms in total. The highest BCUT2D eigenvalue weighted by atomic mass is 32.2. The maximum atomic E-state index is 13.3. The molecule has 7 heteroatoms. The van der Waals surface area contributed by atoms with Crippen molar-refractivity contribution >= 4 is 46.3 Å². The van der Waals surface area contributed by atoms with E-state index in [0.717, 1.165) is 5.69 Å². The highest BCUT2D eigenvalue weighted by Crippen LogP contribution is 2.37. The number of hydrogen-bond donors (Lipinski definition) is 1. The number of para-hydroxylation sites is 2. The number of carbonyl (C=O) groups excluding carboxylic acids is 1. The molecule has 0 atom stereocenters. The fourth-order valence-corrected chi connectivity index (χ4v) is 4.10. The molecule has 1 amide bonds. The number of methoxy groups -OCH3 is 1. The quantitative estimate of drug-likeness (QED) is 0.563. The molecule has 1 aliphatic rings. The van der Waals surface area contributed by atoms with Gasteiger partial charge in [-0.25, -0.2) is 9.79 Å². The summed E-state index contributed by atoms with van der Waals surface area (Å²) in [6.45, 7) is 0. The van der Waals surface area contributed by atoms with Crippen molar-refractivity contribution in [2.75, 3.05) is 12.0 Å². The van der Waals surface area contributed by atoms with E-state index >= 15 is 0 Å². The Morgan fingerprint density at radius 1 is 1.03 bits per heavy atom. The van der Waals surface area contributed by atoms with E-state index < -0.39 is 5.97 Å². The van der Waals surface area contributed by atoms with Crippen LogP contribution in [0.25, 0.3) is 6.08 Å². The fraction of sp³-hybridized carbons (Fsp3) is 0.0417. The van der Waals surface area contributed by atoms with Gasteiger partial charge >= 0.3 is 5.97 Å². The number of amidine groups is 1. The zero-order valence-corrected chi connectivity index (χ0v) is 17.4. The zero-order chi connectivity index (χ0) is 21.8. The molecule has 0 unspecified atom stereocenters. The van der Waals surface area contributed by atoms with Gasteiger partial charge in [-0.3, -0.25) is 9.69 Å². The molecule has 0 bridgehead atoms. The molecule has 0 spiro atoms. The average Bonchev–Trinajstić information content (AvgIpc) is 3.09. The van der Waals surface area contributed by atoms with E-state index in [2.05, 4.69) is 4.99 Å². The van der Waals surface area contributed by atoms with E-state index in [4.69, 9.17) is 4.74 Å². The number of benzene rings is 3. The predicted molar refractivity (Wildman–Crippen MR) is 123 cm³/mol. The molecule has 3 aromatic rings. The average molecular weight is 430 g/mol. The molecule has 0 saturated carbocycles. The molecular formula is C24H18N2O4S. The molecule has 3 aromatic carbocycles. The van der Waals surface area contributed by atoms with Crippen molar-refractivity contribution in [3.8, 4) is 5.75 Å². The first-order chi connectivity index (χ1) is 15.1. The van der Waals surface area contributed by atoms with Gasteiger partial charge in [0.15, 0.2) is 5.17 Å². The van der Waals surface area contributed by atoms with Crippen LogP contribution in [0.1, 0.15) is 15.9 Å². The Bertz CT molecular complexity index is 1190. The highest BCUT2D eigenvalue weighted by molar-refractivity contribution is 8.19. The number of carbonyl (C=O) groups is 2. The number of rotatable bonds is 5. The fourth-order valence-electron chi connectivity index (χ4n) is 3.10. The minimum Gasteiger partial charge on any atom is -0.496 e. The monoisotopic (exact) mass is 430 g/mol. The minimum atomic E-state index is -1.10. The molecule has 1 fully saturated rings. The summed E-state index contributed by atoms with van der Waals surface area (Å²) in [6, 6.07) is 23.5. The van der Waals surface area contributed by atoms with Crippen LogP contribution in [0.2, 0.25) is 0 Å². The van der Waals surface area contributed by atoms with E-state index in [-0.39, 0.29) is 17.2 Å². The molecule has 31 heavy (non-hydrogen) atoms. The van der Waals surface area contributed by atoms with Crippen molar-refractivity contribution in [3.63, 3.8) is 0 Å². The summed E-state index contributed by atoms with van der Waals surface area (Å²) in [7, 11) is 1.42. The summed E-state index contributed by atoms with van der Waals surface area (Å²) in [6.07, 6.45) is 1.67. The minimum absolute atomic E-state index is 0.0328. The Morgan fingerprint density at radius 2 is 1.71 bits per heavy atom. The van der Waals surface area contributed by atoms with Crippen molar-refractivity contribution in [1.82, 2.24) is 0 Å². The Hall–Kier alpha value is -3.84. The van der Waals surface area contributed by atoms with Crippen molar-refractivity contribution in [3.05, 3.63) is 94.9 Å². The van der Waals surface area contributed by atoms with Crippen molar-refractivity contribution in [2.45, 2.75) is 0 Å². The molecule has 4 rings (SSSR count). The first-order valence-electron chi connectivity index (χ1n) is 9.41. The van der Waals surface area contributed by atoms with E-state index in [1.54, 1.807) is 23.1 Å². The summed E-state index contributed by atoms with van der Waals surface area (Å²) in [4.78, 5) is 31.5. The molecule has 1 heterocycles. The smallest absolute Gasteiger partial charge is 0.339 e. The molecule has 0 aromatic heterocycles. The molecule has 0 aliphatic carbocycles. The van der Waals surface area contributed by atoms with Gasteiger partial charge in [0.2, 0.25) is 0 Å². The summed E-state index contributed by atoms with van der Waals surface area (Å²) >= 11 is 1.24. The van der Waals surface area contributed by atoms with Crippen LogP contribution >= 0.6 is 11.8 Å². The number of anilines is 1. The number of hydrogen-bond acceptors (Lipinski definition) is 5. The van der Waals surface area contributed by atoms with Crippen LogP contribution in [0.3, 0.4) is 0 Å². The van der Waals surface area contributed by atoms with Gasteiger partial charge < -0.3 is 9.84 Å². The first-order valence-corrected chi connectivity index (χ1v) is 10.2. The lowest BCUT2D eigenvalue weighted by Gasteiger charge is -2.15. The number of aromatic carboxylic acids is 1. The van der Waals surface area contributed by atoms with E-state index in [0.29, 0.717) is 21.3 Å². The third-order valence-electron chi connectivity index (χ3n) is 4.55. The standard InChI is InChI=1S/C24H18N2O4S/c1-30-20-13-12-16(14-19(20)23(28)29)15-21-22(27)26(18-10-6-3-7-11-18)24(31-21)25-17-8-4-2-5-9-17/h2-15H,1H3,(H,28,29)/b21-15+,25-24?. The van der Waals surface area contributed by atoms with Gasteiger partial charge in [0.05, 0.1) is 23.4 Å². The second-order valence-electron chi connectivity index (χ2n) is 6.58.